The van der Waals surface area contributed by atoms with Crippen LogP contribution in [-0.2, 0) is 6.42 Å². The highest BCUT2D eigenvalue weighted by atomic mass is 35.5. The Hall–Kier alpha value is -0.530. The first-order chi connectivity index (χ1) is 9.33. The molecule has 0 aromatic heterocycles. The van der Waals surface area contributed by atoms with Gasteiger partial charge in [0.2, 0.25) is 0 Å². The van der Waals surface area contributed by atoms with E-state index in [9.17, 15) is 0 Å². The summed E-state index contributed by atoms with van der Waals surface area (Å²) in [5, 5.41) is 0.832. The predicted molar refractivity (Wildman–Crippen MR) is 85.8 cm³/mol. The van der Waals surface area contributed by atoms with Crippen molar-refractivity contribution in [2.75, 3.05) is 6.54 Å². The zero-order valence-electron chi connectivity index (χ0n) is 12.0. The Morgan fingerprint density at radius 1 is 0.684 bits per heavy atom. The summed E-state index contributed by atoms with van der Waals surface area (Å²) in [4.78, 5) is 0. The highest BCUT2D eigenvalue weighted by molar-refractivity contribution is 6.30. The Labute approximate surface area is 123 Å². The van der Waals surface area contributed by atoms with Crippen LogP contribution in [0.3, 0.4) is 0 Å². The average molecular weight is 282 g/mol. The van der Waals surface area contributed by atoms with Crippen molar-refractivity contribution < 1.29 is 0 Å². The van der Waals surface area contributed by atoms with E-state index < -0.39 is 0 Å². The van der Waals surface area contributed by atoms with Crippen LogP contribution in [0.15, 0.2) is 24.3 Å². The number of hydrogen-bond acceptors (Lipinski definition) is 1. The lowest BCUT2D eigenvalue weighted by Crippen LogP contribution is -1.97. The molecule has 0 aliphatic heterocycles. The second-order valence-electron chi connectivity index (χ2n) is 5.35. The van der Waals surface area contributed by atoms with Crippen molar-refractivity contribution in [1.29, 1.82) is 0 Å². The molecule has 0 aliphatic rings. The van der Waals surface area contributed by atoms with Gasteiger partial charge >= 0.3 is 0 Å². The fraction of sp³-hybridized carbons (Fsp3) is 0.647. The standard InChI is InChI=1S/C17H28ClN/c18-17-13-11-16(12-14-17)10-8-6-4-2-1-3-5-7-9-15-19/h11-14H,1-10,15,19H2. The molecular formula is C17H28ClN. The molecule has 0 fully saturated rings. The maximum atomic E-state index is 5.87. The van der Waals surface area contributed by atoms with Gasteiger partial charge in [0.15, 0.2) is 0 Å². The molecule has 0 heterocycles. The van der Waals surface area contributed by atoms with Gasteiger partial charge in [0.05, 0.1) is 0 Å². The molecule has 0 aliphatic carbocycles. The fourth-order valence-corrected chi connectivity index (χ4v) is 2.49. The molecule has 108 valence electrons. The summed E-state index contributed by atoms with van der Waals surface area (Å²) in [6, 6.07) is 8.25. The lowest BCUT2D eigenvalue weighted by molar-refractivity contribution is 0.560. The van der Waals surface area contributed by atoms with E-state index in [1.54, 1.807) is 0 Å². The number of hydrogen-bond donors (Lipinski definition) is 1. The van der Waals surface area contributed by atoms with E-state index in [1.807, 2.05) is 12.1 Å². The summed E-state index contributed by atoms with van der Waals surface area (Å²) in [6.07, 6.45) is 13.3. The van der Waals surface area contributed by atoms with Gasteiger partial charge in [-0.05, 0) is 43.5 Å². The minimum Gasteiger partial charge on any atom is -0.330 e. The van der Waals surface area contributed by atoms with E-state index in [-0.39, 0.29) is 0 Å². The zero-order chi connectivity index (χ0) is 13.8. The van der Waals surface area contributed by atoms with Crippen molar-refractivity contribution in [3.63, 3.8) is 0 Å². The number of nitrogens with two attached hydrogens (primary N) is 1. The zero-order valence-corrected chi connectivity index (χ0v) is 12.8. The number of rotatable bonds is 11. The summed E-state index contributed by atoms with van der Waals surface area (Å²) in [6.45, 7) is 0.852. The van der Waals surface area contributed by atoms with Crippen LogP contribution in [0.5, 0.6) is 0 Å². The largest absolute Gasteiger partial charge is 0.330 e. The molecule has 19 heavy (non-hydrogen) atoms. The van der Waals surface area contributed by atoms with Gasteiger partial charge in [-0.15, -0.1) is 0 Å². The van der Waals surface area contributed by atoms with E-state index in [0.717, 1.165) is 11.6 Å². The molecule has 1 aromatic carbocycles. The molecule has 1 rings (SSSR count). The van der Waals surface area contributed by atoms with Gasteiger partial charge in [-0.2, -0.15) is 0 Å². The van der Waals surface area contributed by atoms with Crippen LogP contribution in [0.25, 0.3) is 0 Å². The van der Waals surface area contributed by atoms with Gasteiger partial charge in [-0.3, -0.25) is 0 Å². The molecule has 1 nitrogen and oxygen atoms in total. The van der Waals surface area contributed by atoms with Gasteiger partial charge in [0.25, 0.3) is 0 Å². The lowest BCUT2D eigenvalue weighted by Gasteiger charge is -2.03. The topological polar surface area (TPSA) is 26.0 Å². The molecule has 0 bridgehead atoms. The highest BCUT2D eigenvalue weighted by Crippen LogP contribution is 2.14. The first-order valence-corrected chi connectivity index (χ1v) is 8.15. The van der Waals surface area contributed by atoms with Crippen LogP contribution in [0.2, 0.25) is 5.02 Å². The van der Waals surface area contributed by atoms with Crippen molar-refractivity contribution in [3.05, 3.63) is 34.9 Å². The maximum absolute atomic E-state index is 5.87. The van der Waals surface area contributed by atoms with E-state index in [1.165, 1.54) is 69.8 Å². The van der Waals surface area contributed by atoms with Gasteiger partial charge in [0.1, 0.15) is 0 Å². The normalized spacial score (nSPS) is 10.8. The average Bonchev–Trinajstić information content (AvgIpc) is 2.43. The van der Waals surface area contributed by atoms with Crippen LogP contribution in [0, 0.1) is 0 Å². The molecule has 0 amide bonds. The molecule has 0 unspecified atom stereocenters. The molecule has 2 N–H and O–H groups in total. The molecule has 0 atom stereocenters. The Bertz CT molecular complexity index is 308. The molecular weight excluding hydrogens is 254 g/mol. The Kier molecular flexibility index (Phi) is 9.84. The third kappa shape index (κ3) is 9.07. The molecule has 0 radical (unpaired) electrons. The minimum absolute atomic E-state index is 0.832. The Morgan fingerprint density at radius 3 is 1.68 bits per heavy atom. The van der Waals surface area contributed by atoms with Crippen LogP contribution in [0.1, 0.15) is 63.4 Å². The first kappa shape index (κ1) is 16.5. The third-order valence-electron chi connectivity index (χ3n) is 3.58. The molecule has 2 heteroatoms. The Morgan fingerprint density at radius 2 is 1.16 bits per heavy atom. The predicted octanol–water partition coefficient (Wildman–Crippen LogP) is 5.35. The summed E-state index contributed by atoms with van der Waals surface area (Å²) < 4.78 is 0. The van der Waals surface area contributed by atoms with Crippen LogP contribution < -0.4 is 5.73 Å². The van der Waals surface area contributed by atoms with Gasteiger partial charge in [0, 0.05) is 5.02 Å². The van der Waals surface area contributed by atoms with Crippen molar-refractivity contribution in [2.24, 2.45) is 5.73 Å². The highest BCUT2D eigenvalue weighted by Gasteiger charge is 1.95. The van der Waals surface area contributed by atoms with Crippen LogP contribution >= 0.6 is 11.6 Å². The summed E-state index contributed by atoms with van der Waals surface area (Å²) in [7, 11) is 0. The SMILES string of the molecule is NCCCCCCCCCCCc1ccc(Cl)cc1. The summed E-state index contributed by atoms with van der Waals surface area (Å²) in [5.41, 5.74) is 6.88. The maximum Gasteiger partial charge on any atom is 0.0406 e. The molecule has 1 aromatic rings. The van der Waals surface area contributed by atoms with E-state index >= 15 is 0 Å². The second-order valence-corrected chi connectivity index (χ2v) is 5.78. The molecule has 0 spiro atoms. The number of benzene rings is 1. The monoisotopic (exact) mass is 281 g/mol. The van der Waals surface area contributed by atoms with Crippen molar-refractivity contribution in [3.8, 4) is 0 Å². The van der Waals surface area contributed by atoms with Crippen molar-refractivity contribution in [1.82, 2.24) is 0 Å². The fourth-order valence-electron chi connectivity index (χ4n) is 2.36. The number of unbranched alkanes of at least 4 members (excludes halogenated alkanes) is 8. The quantitative estimate of drug-likeness (QED) is 0.544. The van der Waals surface area contributed by atoms with E-state index in [4.69, 9.17) is 17.3 Å². The van der Waals surface area contributed by atoms with Gasteiger partial charge in [-0.25, -0.2) is 0 Å². The van der Waals surface area contributed by atoms with Gasteiger partial charge in [-0.1, -0.05) is 68.7 Å². The first-order valence-electron chi connectivity index (χ1n) is 7.77. The summed E-state index contributed by atoms with van der Waals surface area (Å²) in [5.74, 6) is 0. The summed E-state index contributed by atoms with van der Waals surface area (Å²) >= 11 is 5.87. The lowest BCUT2D eigenvalue weighted by atomic mass is 10.0. The van der Waals surface area contributed by atoms with E-state index in [2.05, 4.69) is 12.1 Å². The van der Waals surface area contributed by atoms with Crippen LogP contribution in [-0.4, -0.2) is 6.54 Å². The smallest absolute Gasteiger partial charge is 0.0406 e. The third-order valence-corrected chi connectivity index (χ3v) is 3.83. The van der Waals surface area contributed by atoms with Crippen molar-refractivity contribution >= 4 is 11.6 Å². The molecule has 0 saturated carbocycles. The van der Waals surface area contributed by atoms with Crippen LogP contribution in [0.4, 0.5) is 0 Å². The number of halogens is 1. The van der Waals surface area contributed by atoms with Gasteiger partial charge < -0.3 is 5.73 Å². The van der Waals surface area contributed by atoms with Crippen molar-refractivity contribution in [2.45, 2.75) is 64.2 Å². The molecule has 0 saturated heterocycles. The van der Waals surface area contributed by atoms with E-state index in [0.29, 0.717) is 0 Å². The Balaban J connectivity index is 1.87. The minimum atomic E-state index is 0.832. The second kappa shape index (κ2) is 11.3. The number of aryl methyl sites for hydroxylation is 1.